The Kier molecular flexibility index (Phi) is 8.37. The first-order valence-corrected chi connectivity index (χ1v) is 11.9. The van der Waals surface area contributed by atoms with Crippen LogP contribution in [0.25, 0.3) is 0 Å². The van der Waals surface area contributed by atoms with Crippen LogP contribution in [0.2, 0.25) is 0 Å². The number of amides is 1. The Labute approximate surface area is 222 Å². The maximum Gasteiger partial charge on any atom is 0.435 e. The largest absolute Gasteiger partial charge is 0.475 e. The zero-order valence-electron chi connectivity index (χ0n) is 20.7. The quantitative estimate of drug-likeness (QED) is 0.289. The Hall–Kier alpha value is -4.07. The van der Waals surface area contributed by atoms with E-state index < -0.39 is 40.9 Å². The van der Waals surface area contributed by atoms with Crippen molar-refractivity contribution >= 4 is 17.4 Å². The van der Waals surface area contributed by atoms with Gasteiger partial charge in [-0.1, -0.05) is 5.92 Å². The molecule has 0 aliphatic carbocycles. The second-order valence-corrected chi connectivity index (χ2v) is 8.88. The summed E-state index contributed by atoms with van der Waals surface area (Å²) in [4.78, 5) is 35.2. The van der Waals surface area contributed by atoms with Crippen LogP contribution >= 0.6 is 0 Å². The summed E-state index contributed by atoms with van der Waals surface area (Å²) >= 11 is 0. The first-order chi connectivity index (χ1) is 18.9. The van der Waals surface area contributed by atoms with Crippen molar-refractivity contribution < 1.29 is 40.6 Å². The van der Waals surface area contributed by atoms with Crippen LogP contribution in [0.1, 0.15) is 24.1 Å². The number of aromatic amines is 1. The smallest absolute Gasteiger partial charge is 0.435 e. The molecular weight excluding hydrogens is 552 g/mol. The second-order valence-electron chi connectivity index (χ2n) is 8.88. The van der Waals surface area contributed by atoms with Crippen molar-refractivity contribution in [1.29, 1.82) is 0 Å². The SMILES string of the molecule is C#C[C@@H](COCCC(=O)N1CCN2c3ncc(C(F)(F)F)nc3OCC[C@H]2C1)Nc1cn[nH]c(=O)c1C(F)(F)F. The molecule has 2 atom stereocenters. The number of hydrogen-bond acceptors (Lipinski definition) is 9. The Morgan fingerprint density at radius 1 is 1.25 bits per heavy atom. The van der Waals surface area contributed by atoms with Crippen LogP contribution in [0.3, 0.4) is 0 Å². The molecule has 11 nitrogen and oxygen atoms in total. The zero-order valence-corrected chi connectivity index (χ0v) is 20.7. The number of nitrogens with zero attached hydrogens (tertiary/aromatic N) is 5. The Bertz CT molecular complexity index is 1330. The minimum absolute atomic E-state index is 0.0494. The van der Waals surface area contributed by atoms with Crippen LogP contribution in [-0.4, -0.2) is 82.5 Å². The van der Waals surface area contributed by atoms with Gasteiger partial charge in [0.05, 0.1) is 50.4 Å². The molecule has 4 heterocycles. The normalized spacial score (nSPS) is 18.1. The molecule has 1 saturated heterocycles. The molecule has 1 amide bonds. The molecule has 0 radical (unpaired) electrons. The molecule has 4 rings (SSSR count). The first kappa shape index (κ1) is 28.9. The van der Waals surface area contributed by atoms with Crippen LogP contribution < -0.4 is 20.5 Å². The summed E-state index contributed by atoms with van der Waals surface area (Å²) < 4.78 is 89.5. The summed E-state index contributed by atoms with van der Waals surface area (Å²) in [5, 5.41) is 7.48. The predicted molar refractivity (Wildman–Crippen MR) is 126 cm³/mol. The monoisotopic (exact) mass is 575 g/mol. The van der Waals surface area contributed by atoms with Crippen molar-refractivity contribution in [2.45, 2.75) is 37.3 Å². The molecule has 0 spiro atoms. The number of ether oxygens (including phenoxy) is 2. The third kappa shape index (κ3) is 6.55. The molecule has 17 heteroatoms. The van der Waals surface area contributed by atoms with Gasteiger partial charge in [0.25, 0.3) is 11.4 Å². The van der Waals surface area contributed by atoms with Gasteiger partial charge in [0.2, 0.25) is 5.91 Å². The maximum atomic E-state index is 13.2. The van der Waals surface area contributed by atoms with E-state index in [2.05, 4.69) is 26.3 Å². The molecule has 2 aliphatic heterocycles. The van der Waals surface area contributed by atoms with Crippen LogP contribution in [0.4, 0.5) is 37.8 Å². The minimum Gasteiger partial charge on any atom is -0.475 e. The van der Waals surface area contributed by atoms with Gasteiger partial charge in [-0.15, -0.1) is 6.42 Å². The number of nitrogens with one attached hydrogen (secondary N) is 2. The molecule has 0 aromatic carbocycles. The fraction of sp³-hybridized carbons (Fsp3) is 0.522. The molecule has 2 aliphatic rings. The number of carbonyl (C=O) groups is 1. The number of rotatable bonds is 7. The number of terminal acetylenes is 1. The average molecular weight is 575 g/mol. The molecule has 1 fully saturated rings. The van der Waals surface area contributed by atoms with E-state index in [-0.39, 0.29) is 63.0 Å². The van der Waals surface area contributed by atoms with Crippen molar-refractivity contribution in [2.75, 3.05) is 49.7 Å². The van der Waals surface area contributed by atoms with Crippen LogP contribution in [0.15, 0.2) is 17.2 Å². The fourth-order valence-corrected chi connectivity index (χ4v) is 4.32. The fourth-order valence-electron chi connectivity index (χ4n) is 4.32. The summed E-state index contributed by atoms with van der Waals surface area (Å²) in [6.07, 6.45) is -2.42. The highest BCUT2D eigenvalue weighted by Crippen LogP contribution is 2.35. The maximum absolute atomic E-state index is 13.2. The zero-order chi connectivity index (χ0) is 29.1. The number of piperazine rings is 1. The number of H-pyrrole nitrogens is 1. The van der Waals surface area contributed by atoms with Gasteiger partial charge in [-0.2, -0.15) is 31.4 Å². The van der Waals surface area contributed by atoms with Crippen LogP contribution in [-0.2, 0) is 21.9 Å². The van der Waals surface area contributed by atoms with E-state index in [9.17, 15) is 35.9 Å². The Balaban J connectivity index is 1.29. The number of anilines is 2. The van der Waals surface area contributed by atoms with Crippen molar-refractivity contribution in [2.24, 2.45) is 0 Å². The molecule has 216 valence electrons. The average Bonchev–Trinajstić information content (AvgIpc) is 3.07. The lowest BCUT2D eigenvalue weighted by Crippen LogP contribution is -2.55. The molecule has 40 heavy (non-hydrogen) atoms. The van der Waals surface area contributed by atoms with E-state index in [1.807, 2.05) is 0 Å². The Morgan fingerprint density at radius 3 is 2.73 bits per heavy atom. The van der Waals surface area contributed by atoms with Crippen molar-refractivity contribution in [3.63, 3.8) is 0 Å². The summed E-state index contributed by atoms with van der Waals surface area (Å²) in [5.74, 6) is 1.95. The third-order valence-electron chi connectivity index (χ3n) is 6.23. The predicted octanol–water partition coefficient (Wildman–Crippen LogP) is 1.92. The van der Waals surface area contributed by atoms with Gasteiger partial charge >= 0.3 is 12.4 Å². The second kappa shape index (κ2) is 11.6. The van der Waals surface area contributed by atoms with Gasteiger partial charge in [0.15, 0.2) is 11.5 Å². The van der Waals surface area contributed by atoms with Gasteiger partial charge in [0, 0.05) is 26.1 Å². The van der Waals surface area contributed by atoms with Crippen LogP contribution in [0.5, 0.6) is 5.88 Å². The number of aromatic nitrogens is 4. The van der Waals surface area contributed by atoms with E-state index in [4.69, 9.17) is 15.9 Å². The lowest BCUT2D eigenvalue weighted by molar-refractivity contribution is -0.141. The van der Waals surface area contributed by atoms with Gasteiger partial charge in [0.1, 0.15) is 11.6 Å². The summed E-state index contributed by atoms with van der Waals surface area (Å²) in [7, 11) is 0. The number of fused-ring (bicyclic) bond motifs is 3. The van der Waals surface area contributed by atoms with E-state index >= 15 is 0 Å². The summed E-state index contributed by atoms with van der Waals surface area (Å²) in [6.45, 7) is 0.589. The van der Waals surface area contributed by atoms with Crippen molar-refractivity contribution in [1.82, 2.24) is 25.1 Å². The van der Waals surface area contributed by atoms with E-state index in [0.717, 1.165) is 6.20 Å². The summed E-state index contributed by atoms with van der Waals surface area (Å²) in [6, 6.07) is -1.31. The van der Waals surface area contributed by atoms with Gasteiger partial charge < -0.3 is 24.6 Å². The van der Waals surface area contributed by atoms with E-state index in [1.165, 1.54) is 0 Å². The van der Waals surface area contributed by atoms with E-state index in [1.54, 1.807) is 14.9 Å². The molecule has 0 saturated carbocycles. The van der Waals surface area contributed by atoms with Gasteiger partial charge in [-0.3, -0.25) is 9.59 Å². The highest BCUT2D eigenvalue weighted by molar-refractivity contribution is 5.76. The molecule has 0 unspecified atom stereocenters. The van der Waals surface area contributed by atoms with Crippen LogP contribution in [0, 0.1) is 12.3 Å². The molecule has 2 N–H and O–H groups in total. The molecule has 2 aromatic heterocycles. The number of carbonyl (C=O) groups excluding carboxylic acids is 1. The molecule has 0 bridgehead atoms. The lowest BCUT2D eigenvalue weighted by atomic mass is 10.1. The standard InChI is InChI=1S/C23H23F6N7O4/c1-2-13(32-15-9-31-34-20(38)18(15)23(27,28)29)12-39-7-4-17(37)35-5-6-36-14(11-35)3-8-40-21-19(36)30-10-16(33-21)22(24,25)26/h1,9-10,13-14H,3-8,11-12H2,(H2,32,34,38)/t13-,14-/m0/s1. The Morgan fingerprint density at radius 2 is 2.02 bits per heavy atom. The van der Waals surface area contributed by atoms with Gasteiger partial charge in [-0.05, 0) is 0 Å². The highest BCUT2D eigenvalue weighted by atomic mass is 19.4. The number of hydrogen-bond donors (Lipinski definition) is 2. The summed E-state index contributed by atoms with van der Waals surface area (Å²) in [5.41, 5.74) is -4.67. The third-order valence-corrected chi connectivity index (χ3v) is 6.23. The first-order valence-electron chi connectivity index (χ1n) is 11.9. The van der Waals surface area contributed by atoms with Crippen molar-refractivity contribution in [3.05, 3.63) is 34.0 Å². The topological polar surface area (TPSA) is 126 Å². The number of alkyl halides is 6. The molecular formula is C23H23F6N7O4. The van der Waals surface area contributed by atoms with Gasteiger partial charge in [-0.25, -0.2) is 15.1 Å². The molecule has 2 aromatic rings. The highest BCUT2D eigenvalue weighted by Gasteiger charge is 2.39. The number of halogens is 6. The minimum atomic E-state index is -4.95. The van der Waals surface area contributed by atoms with E-state index in [0.29, 0.717) is 19.2 Å². The van der Waals surface area contributed by atoms with Crippen molar-refractivity contribution in [3.8, 4) is 18.2 Å². The lowest BCUT2D eigenvalue weighted by Gasteiger charge is -2.41.